The monoisotopic (exact) mass is 264 g/mol. The van der Waals surface area contributed by atoms with Gasteiger partial charge in [0, 0.05) is 5.56 Å². The number of methoxy groups -OCH3 is 1. The van der Waals surface area contributed by atoms with Crippen molar-refractivity contribution in [2.24, 2.45) is 5.41 Å². The van der Waals surface area contributed by atoms with E-state index in [9.17, 15) is 9.90 Å². The number of hydrogen-bond donors (Lipinski definition) is 1. The summed E-state index contributed by atoms with van der Waals surface area (Å²) in [5, 5.41) is 9.28. The molecular weight excluding hydrogens is 240 g/mol. The maximum absolute atomic E-state index is 11.3. The standard InChI is InChI=1S/C16H24O3/c1-10(2)13-12(9-16(4,5)15(17)18)8-7-11(3)14(13)19-6/h7-8,10H,9H2,1-6H3,(H,17,18). The minimum absolute atomic E-state index is 0.300. The fraction of sp³-hybridized carbons (Fsp3) is 0.562. The zero-order valence-electron chi connectivity index (χ0n) is 12.7. The SMILES string of the molecule is COc1c(C)ccc(CC(C)(C)C(=O)O)c1C(C)C. The van der Waals surface area contributed by atoms with Gasteiger partial charge < -0.3 is 9.84 Å². The lowest BCUT2D eigenvalue weighted by Gasteiger charge is -2.24. The highest BCUT2D eigenvalue weighted by molar-refractivity contribution is 5.74. The normalized spacial score (nSPS) is 11.7. The van der Waals surface area contributed by atoms with Gasteiger partial charge in [0.15, 0.2) is 0 Å². The summed E-state index contributed by atoms with van der Waals surface area (Å²) in [5.74, 6) is 0.407. The Morgan fingerprint density at radius 2 is 1.95 bits per heavy atom. The number of benzene rings is 1. The minimum Gasteiger partial charge on any atom is -0.496 e. The first kappa shape index (κ1) is 15.5. The summed E-state index contributed by atoms with van der Waals surface area (Å²) in [5.41, 5.74) is 2.49. The molecule has 19 heavy (non-hydrogen) atoms. The summed E-state index contributed by atoms with van der Waals surface area (Å²) in [4.78, 5) is 11.3. The third-order valence-corrected chi connectivity index (χ3v) is 3.48. The molecule has 0 saturated carbocycles. The second-order valence-corrected chi connectivity index (χ2v) is 6.01. The van der Waals surface area contributed by atoms with Gasteiger partial charge in [-0.1, -0.05) is 26.0 Å². The zero-order valence-corrected chi connectivity index (χ0v) is 12.7. The van der Waals surface area contributed by atoms with Gasteiger partial charge in [0.25, 0.3) is 0 Å². The molecule has 106 valence electrons. The Hall–Kier alpha value is -1.51. The largest absolute Gasteiger partial charge is 0.496 e. The number of aliphatic carboxylic acids is 1. The highest BCUT2D eigenvalue weighted by Gasteiger charge is 2.29. The van der Waals surface area contributed by atoms with E-state index in [0.29, 0.717) is 12.3 Å². The predicted molar refractivity (Wildman–Crippen MR) is 76.9 cm³/mol. The summed E-state index contributed by atoms with van der Waals surface area (Å²) in [6.45, 7) is 9.73. The highest BCUT2D eigenvalue weighted by atomic mass is 16.5. The van der Waals surface area contributed by atoms with Crippen molar-refractivity contribution >= 4 is 5.97 Å². The van der Waals surface area contributed by atoms with E-state index < -0.39 is 11.4 Å². The van der Waals surface area contributed by atoms with Gasteiger partial charge in [-0.25, -0.2) is 0 Å². The van der Waals surface area contributed by atoms with Gasteiger partial charge in [0.2, 0.25) is 0 Å². The van der Waals surface area contributed by atoms with Crippen LogP contribution < -0.4 is 4.74 Å². The van der Waals surface area contributed by atoms with Crippen molar-refractivity contribution in [3.63, 3.8) is 0 Å². The van der Waals surface area contributed by atoms with Crippen molar-refractivity contribution in [2.45, 2.75) is 47.0 Å². The van der Waals surface area contributed by atoms with E-state index in [1.807, 2.05) is 19.1 Å². The van der Waals surface area contributed by atoms with E-state index in [0.717, 1.165) is 22.4 Å². The molecule has 0 aliphatic rings. The molecule has 0 amide bonds. The van der Waals surface area contributed by atoms with Crippen molar-refractivity contribution in [3.05, 3.63) is 28.8 Å². The van der Waals surface area contributed by atoms with Gasteiger partial charge in [-0.15, -0.1) is 0 Å². The average Bonchev–Trinajstić information content (AvgIpc) is 2.29. The molecule has 0 saturated heterocycles. The van der Waals surface area contributed by atoms with Gasteiger partial charge in [-0.2, -0.15) is 0 Å². The first-order valence-corrected chi connectivity index (χ1v) is 6.60. The molecule has 0 fully saturated rings. The van der Waals surface area contributed by atoms with Crippen LogP contribution in [0.5, 0.6) is 5.75 Å². The summed E-state index contributed by atoms with van der Waals surface area (Å²) < 4.78 is 5.51. The van der Waals surface area contributed by atoms with Crippen molar-refractivity contribution in [3.8, 4) is 5.75 Å². The number of carbonyl (C=O) groups is 1. The van der Waals surface area contributed by atoms with Crippen LogP contribution in [-0.4, -0.2) is 18.2 Å². The molecule has 0 unspecified atom stereocenters. The molecule has 1 aromatic rings. The van der Waals surface area contributed by atoms with Crippen LogP contribution in [0.15, 0.2) is 12.1 Å². The van der Waals surface area contributed by atoms with Gasteiger partial charge in [0.05, 0.1) is 12.5 Å². The highest BCUT2D eigenvalue weighted by Crippen LogP contribution is 2.36. The van der Waals surface area contributed by atoms with Crippen LogP contribution in [-0.2, 0) is 11.2 Å². The smallest absolute Gasteiger partial charge is 0.309 e. The first-order chi connectivity index (χ1) is 8.70. The topological polar surface area (TPSA) is 46.5 Å². The number of carboxylic acids is 1. The number of rotatable bonds is 5. The maximum atomic E-state index is 11.3. The van der Waals surface area contributed by atoms with E-state index in [-0.39, 0.29) is 0 Å². The Kier molecular flexibility index (Phi) is 4.61. The van der Waals surface area contributed by atoms with Crippen LogP contribution >= 0.6 is 0 Å². The molecule has 0 radical (unpaired) electrons. The fourth-order valence-corrected chi connectivity index (χ4v) is 2.36. The molecular formula is C16H24O3. The van der Waals surface area contributed by atoms with Crippen molar-refractivity contribution in [1.82, 2.24) is 0 Å². The molecule has 0 aromatic heterocycles. The van der Waals surface area contributed by atoms with Crippen LogP contribution in [0.1, 0.15) is 50.3 Å². The van der Waals surface area contributed by atoms with Crippen molar-refractivity contribution in [1.29, 1.82) is 0 Å². The van der Waals surface area contributed by atoms with Gasteiger partial charge in [-0.05, 0) is 44.2 Å². The minimum atomic E-state index is -0.776. The molecule has 0 heterocycles. The van der Waals surface area contributed by atoms with Crippen molar-refractivity contribution in [2.75, 3.05) is 7.11 Å². The van der Waals surface area contributed by atoms with Gasteiger partial charge >= 0.3 is 5.97 Å². The first-order valence-electron chi connectivity index (χ1n) is 6.60. The van der Waals surface area contributed by atoms with E-state index in [4.69, 9.17) is 4.74 Å². The van der Waals surface area contributed by atoms with Crippen LogP contribution in [0.2, 0.25) is 0 Å². The summed E-state index contributed by atoms with van der Waals surface area (Å²) in [6.07, 6.45) is 0.506. The number of aryl methyl sites for hydroxylation is 1. The Bertz CT molecular complexity index is 473. The summed E-state index contributed by atoms with van der Waals surface area (Å²) in [6, 6.07) is 4.02. The molecule has 0 bridgehead atoms. The molecule has 1 N–H and O–H groups in total. The third kappa shape index (κ3) is 3.28. The summed E-state index contributed by atoms with van der Waals surface area (Å²) >= 11 is 0. The maximum Gasteiger partial charge on any atom is 0.309 e. The molecule has 0 aliphatic carbocycles. The molecule has 1 aromatic carbocycles. The quantitative estimate of drug-likeness (QED) is 0.880. The average molecular weight is 264 g/mol. The zero-order chi connectivity index (χ0) is 14.8. The summed E-state index contributed by atoms with van der Waals surface area (Å²) in [7, 11) is 1.67. The van der Waals surface area contributed by atoms with E-state index in [2.05, 4.69) is 13.8 Å². The van der Waals surface area contributed by atoms with Gasteiger partial charge in [-0.3, -0.25) is 4.79 Å². The lowest BCUT2D eigenvalue weighted by molar-refractivity contribution is -0.146. The molecule has 0 spiro atoms. The molecule has 0 aliphatic heterocycles. The number of carboxylic acid groups (broad SMARTS) is 1. The van der Waals surface area contributed by atoms with Crippen LogP contribution in [0.4, 0.5) is 0 Å². The van der Waals surface area contributed by atoms with Crippen molar-refractivity contribution < 1.29 is 14.6 Å². The Labute approximate surface area is 115 Å². The van der Waals surface area contributed by atoms with Crippen LogP contribution in [0.3, 0.4) is 0 Å². The van der Waals surface area contributed by atoms with E-state index in [1.165, 1.54) is 0 Å². The lowest BCUT2D eigenvalue weighted by atomic mass is 9.81. The predicted octanol–water partition coefficient (Wildman–Crippen LogP) is 3.78. The third-order valence-electron chi connectivity index (χ3n) is 3.48. The van der Waals surface area contributed by atoms with Crippen LogP contribution in [0.25, 0.3) is 0 Å². The Morgan fingerprint density at radius 3 is 2.37 bits per heavy atom. The van der Waals surface area contributed by atoms with Crippen LogP contribution in [0, 0.1) is 12.3 Å². The number of ether oxygens (including phenoxy) is 1. The molecule has 3 nitrogen and oxygen atoms in total. The molecule has 1 rings (SSSR count). The lowest BCUT2D eigenvalue weighted by Crippen LogP contribution is -2.27. The molecule has 3 heteroatoms. The number of hydrogen-bond acceptors (Lipinski definition) is 2. The van der Waals surface area contributed by atoms with E-state index in [1.54, 1.807) is 21.0 Å². The van der Waals surface area contributed by atoms with E-state index >= 15 is 0 Å². The Balaban J connectivity index is 3.32. The van der Waals surface area contributed by atoms with Gasteiger partial charge in [0.1, 0.15) is 5.75 Å². The second-order valence-electron chi connectivity index (χ2n) is 6.01. The Morgan fingerprint density at radius 1 is 1.37 bits per heavy atom. The molecule has 0 atom stereocenters. The second kappa shape index (κ2) is 5.64. The fourth-order valence-electron chi connectivity index (χ4n) is 2.36.